The van der Waals surface area contributed by atoms with E-state index in [1.807, 2.05) is 0 Å². The number of allylic oxidation sites excluding steroid dienone is 2. The maximum absolute atomic E-state index is 13.4. The van der Waals surface area contributed by atoms with Gasteiger partial charge in [-0.3, -0.25) is 9.59 Å². The predicted octanol–water partition coefficient (Wildman–Crippen LogP) is 2.23. The number of carboxylic acids is 2. The molecule has 0 saturated carbocycles. The molecule has 3 N–H and O–H groups in total. The number of hydrogen-bond donors (Lipinski definition) is 3. The van der Waals surface area contributed by atoms with Crippen LogP contribution in [0.5, 0.6) is 0 Å². The SMILES string of the molecule is O=C(O)C(CCC1=C(F)C(F)(F)C(O)(F)C(F)=C1F)C(=O)O. The van der Waals surface area contributed by atoms with E-state index in [1.54, 1.807) is 0 Å². The highest BCUT2D eigenvalue weighted by molar-refractivity contribution is 5.92. The van der Waals surface area contributed by atoms with Crippen LogP contribution >= 0.6 is 0 Å². The summed E-state index contributed by atoms with van der Waals surface area (Å²) in [5, 5.41) is 25.6. The number of rotatable bonds is 5. The van der Waals surface area contributed by atoms with Gasteiger partial charge >= 0.3 is 23.7 Å². The smallest absolute Gasteiger partial charge is 0.363 e. The first-order valence-corrected chi connectivity index (χ1v) is 5.55. The molecule has 0 heterocycles. The van der Waals surface area contributed by atoms with Gasteiger partial charge in [0.15, 0.2) is 17.6 Å². The predicted molar refractivity (Wildman–Crippen MR) is 56.4 cm³/mol. The average Bonchev–Trinajstić information content (AvgIpc) is 2.38. The van der Waals surface area contributed by atoms with Gasteiger partial charge in [-0.15, -0.1) is 0 Å². The third-order valence-corrected chi connectivity index (χ3v) is 2.98. The Morgan fingerprint density at radius 3 is 1.86 bits per heavy atom. The van der Waals surface area contributed by atoms with E-state index >= 15 is 0 Å². The second-order valence-electron chi connectivity index (χ2n) is 4.38. The van der Waals surface area contributed by atoms with E-state index < -0.39 is 65.5 Å². The van der Waals surface area contributed by atoms with Crippen LogP contribution in [0.4, 0.5) is 26.3 Å². The Hall–Kier alpha value is -2.04. The summed E-state index contributed by atoms with van der Waals surface area (Å²) in [7, 11) is 0. The summed E-state index contributed by atoms with van der Waals surface area (Å²) in [4.78, 5) is 21.1. The highest BCUT2D eigenvalue weighted by Crippen LogP contribution is 2.51. The van der Waals surface area contributed by atoms with E-state index in [4.69, 9.17) is 15.3 Å². The molecule has 1 unspecified atom stereocenters. The number of alkyl halides is 3. The number of halogens is 6. The van der Waals surface area contributed by atoms with Crippen molar-refractivity contribution in [1.82, 2.24) is 0 Å². The van der Waals surface area contributed by atoms with Crippen molar-refractivity contribution in [3.05, 3.63) is 23.1 Å². The van der Waals surface area contributed by atoms with Gasteiger partial charge in [0.1, 0.15) is 0 Å². The molecule has 0 spiro atoms. The van der Waals surface area contributed by atoms with Crippen LogP contribution in [-0.4, -0.2) is 39.0 Å². The van der Waals surface area contributed by atoms with E-state index in [9.17, 15) is 35.9 Å². The zero-order valence-corrected chi connectivity index (χ0v) is 10.4. The fourth-order valence-corrected chi connectivity index (χ4v) is 1.71. The van der Waals surface area contributed by atoms with Gasteiger partial charge in [0.2, 0.25) is 5.83 Å². The summed E-state index contributed by atoms with van der Waals surface area (Å²) in [5.41, 5.74) is -1.74. The van der Waals surface area contributed by atoms with Gasteiger partial charge in [0, 0.05) is 5.57 Å². The third-order valence-electron chi connectivity index (χ3n) is 2.98. The van der Waals surface area contributed by atoms with Crippen LogP contribution in [-0.2, 0) is 9.59 Å². The Bertz CT molecular complexity index is 566. The lowest BCUT2D eigenvalue weighted by Gasteiger charge is -2.31. The summed E-state index contributed by atoms with van der Waals surface area (Å²) >= 11 is 0. The van der Waals surface area contributed by atoms with Crippen LogP contribution in [0.15, 0.2) is 23.1 Å². The Morgan fingerprint density at radius 1 is 1.00 bits per heavy atom. The quantitative estimate of drug-likeness (QED) is 0.529. The molecule has 1 rings (SSSR count). The zero-order chi connectivity index (χ0) is 17.5. The standard InChI is InChI=1S/C11H8F6O5/c12-5-3(1-2-4(8(18)19)9(20)21)6(13)10(15,16)11(17,22)7(5)14/h4,22H,1-2H2,(H,18,19)(H,20,21). The average molecular weight is 334 g/mol. The van der Waals surface area contributed by atoms with Crippen LogP contribution in [0.25, 0.3) is 0 Å². The lowest BCUT2D eigenvalue weighted by molar-refractivity contribution is -0.230. The normalized spacial score (nSPS) is 24.9. The van der Waals surface area contributed by atoms with Crippen LogP contribution in [0.2, 0.25) is 0 Å². The Morgan fingerprint density at radius 2 is 1.45 bits per heavy atom. The monoisotopic (exact) mass is 334 g/mol. The molecule has 0 saturated heterocycles. The van der Waals surface area contributed by atoms with Crippen LogP contribution in [0.3, 0.4) is 0 Å². The van der Waals surface area contributed by atoms with Crippen LogP contribution in [0, 0.1) is 5.92 Å². The maximum atomic E-state index is 13.4. The summed E-state index contributed by atoms with van der Waals surface area (Å²) in [5.74, 6) is -25.0. The fourth-order valence-electron chi connectivity index (χ4n) is 1.71. The molecule has 0 aromatic rings. The minimum atomic E-state index is -5.44. The molecule has 0 radical (unpaired) electrons. The molecular formula is C11H8F6O5. The van der Waals surface area contributed by atoms with Crippen molar-refractivity contribution in [3.63, 3.8) is 0 Å². The van der Waals surface area contributed by atoms with Crippen molar-refractivity contribution in [2.75, 3.05) is 0 Å². The minimum Gasteiger partial charge on any atom is -0.481 e. The molecule has 1 aliphatic carbocycles. The van der Waals surface area contributed by atoms with Crippen molar-refractivity contribution in [3.8, 4) is 0 Å². The van der Waals surface area contributed by atoms with Crippen LogP contribution in [0.1, 0.15) is 12.8 Å². The fraction of sp³-hybridized carbons (Fsp3) is 0.455. The maximum Gasteiger partial charge on any atom is 0.363 e. The molecule has 0 amide bonds. The van der Waals surface area contributed by atoms with Gasteiger partial charge in [-0.05, 0) is 12.8 Å². The highest BCUT2D eigenvalue weighted by atomic mass is 19.3. The Labute approximate surface area is 118 Å². The first-order valence-electron chi connectivity index (χ1n) is 5.55. The second-order valence-corrected chi connectivity index (χ2v) is 4.38. The van der Waals surface area contributed by atoms with Gasteiger partial charge in [-0.2, -0.15) is 13.2 Å². The van der Waals surface area contributed by atoms with Gasteiger partial charge in [-0.1, -0.05) is 0 Å². The minimum absolute atomic E-state index is 1.06. The number of carboxylic acid groups (broad SMARTS) is 2. The zero-order valence-electron chi connectivity index (χ0n) is 10.4. The van der Waals surface area contributed by atoms with Crippen molar-refractivity contribution in [2.45, 2.75) is 24.6 Å². The van der Waals surface area contributed by atoms with E-state index in [-0.39, 0.29) is 0 Å². The third kappa shape index (κ3) is 2.67. The van der Waals surface area contributed by atoms with Crippen molar-refractivity contribution in [1.29, 1.82) is 0 Å². The molecule has 1 atom stereocenters. The van der Waals surface area contributed by atoms with Gasteiger partial charge in [0.25, 0.3) is 0 Å². The molecule has 0 aliphatic heterocycles. The summed E-state index contributed by atoms with van der Waals surface area (Å²) < 4.78 is 79.2. The highest BCUT2D eigenvalue weighted by Gasteiger charge is 2.65. The van der Waals surface area contributed by atoms with Crippen LogP contribution < -0.4 is 0 Å². The molecule has 11 heteroatoms. The van der Waals surface area contributed by atoms with Crippen molar-refractivity contribution >= 4 is 11.9 Å². The molecule has 5 nitrogen and oxygen atoms in total. The molecule has 0 aromatic carbocycles. The summed E-state index contributed by atoms with van der Waals surface area (Å²) in [6.45, 7) is 0. The molecular weight excluding hydrogens is 326 g/mol. The molecule has 0 aromatic heterocycles. The first kappa shape index (κ1) is 18.0. The number of aliphatic hydroxyl groups is 1. The number of hydrogen-bond acceptors (Lipinski definition) is 3. The van der Waals surface area contributed by atoms with Crippen molar-refractivity contribution < 1.29 is 51.3 Å². The molecule has 22 heavy (non-hydrogen) atoms. The van der Waals surface area contributed by atoms with Gasteiger partial charge < -0.3 is 15.3 Å². The molecule has 0 fully saturated rings. The van der Waals surface area contributed by atoms with E-state index in [2.05, 4.69) is 0 Å². The Kier molecular flexibility index (Phi) is 4.61. The lowest BCUT2D eigenvalue weighted by atomic mass is 9.90. The van der Waals surface area contributed by atoms with E-state index in [1.165, 1.54) is 0 Å². The first-order chi connectivity index (χ1) is 9.85. The summed E-state index contributed by atoms with van der Waals surface area (Å²) in [6.07, 6.45) is -2.32. The van der Waals surface area contributed by atoms with Crippen molar-refractivity contribution in [2.24, 2.45) is 5.92 Å². The summed E-state index contributed by atoms with van der Waals surface area (Å²) in [6, 6.07) is 0. The van der Waals surface area contributed by atoms with E-state index in [0.717, 1.165) is 0 Å². The Balaban J connectivity index is 3.19. The lowest BCUT2D eigenvalue weighted by Crippen LogP contribution is -2.48. The van der Waals surface area contributed by atoms with Gasteiger partial charge in [-0.25, -0.2) is 13.2 Å². The topological polar surface area (TPSA) is 94.8 Å². The van der Waals surface area contributed by atoms with Gasteiger partial charge in [0.05, 0.1) is 0 Å². The second kappa shape index (κ2) is 5.63. The molecule has 1 aliphatic rings. The molecule has 124 valence electrons. The largest absolute Gasteiger partial charge is 0.481 e. The van der Waals surface area contributed by atoms with E-state index in [0.29, 0.717) is 0 Å². The molecule has 0 bridgehead atoms. The number of carbonyl (C=O) groups is 2. The number of aliphatic carboxylic acids is 2.